The Hall–Kier alpha value is -3.26. The Bertz CT molecular complexity index is 1160. The molecule has 0 saturated carbocycles. The number of carbonyl (C=O) groups excluding carboxylic acids is 6. The van der Waals surface area contributed by atoms with Gasteiger partial charge in [-0.25, -0.2) is 4.79 Å². The summed E-state index contributed by atoms with van der Waals surface area (Å²) in [6.07, 6.45) is 5.98. The van der Waals surface area contributed by atoms with Crippen molar-refractivity contribution >= 4 is 35.5 Å². The summed E-state index contributed by atoms with van der Waals surface area (Å²) in [6.45, 7) is 16.0. The second-order valence-electron chi connectivity index (χ2n) is 16.1. The molecule has 1 aliphatic heterocycles. The molecule has 1 heterocycles. The first-order valence-electron chi connectivity index (χ1n) is 19.9. The van der Waals surface area contributed by atoms with E-state index in [1.807, 2.05) is 34.6 Å². The first-order valence-corrected chi connectivity index (χ1v) is 19.9. The summed E-state index contributed by atoms with van der Waals surface area (Å²) >= 11 is 0. The molecule has 1 aliphatic rings. The Balaban J connectivity index is 3.53. The van der Waals surface area contributed by atoms with Crippen LogP contribution in [0.5, 0.6) is 0 Å². The van der Waals surface area contributed by atoms with Crippen molar-refractivity contribution in [3.8, 4) is 0 Å². The van der Waals surface area contributed by atoms with Gasteiger partial charge in [0.2, 0.25) is 29.5 Å². The van der Waals surface area contributed by atoms with Crippen molar-refractivity contribution < 1.29 is 43.7 Å². The average molecular weight is 754 g/mol. The van der Waals surface area contributed by atoms with E-state index in [2.05, 4.69) is 40.4 Å². The molecule has 53 heavy (non-hydrogen) atoms. The van der Waals surface area contributed by atoms with Gasteiger partial charge >= 0.3 is 5.97 Å². The molecular formula is C39H71N5O9. The van der Waals surface area contributed by atoms with Gasteiger partial charge in [0.15, 0.2) is 0 Å². The number of esters is 1. The third kappa shape index (κ3) is 18.6. The van der Waals surface area contributed by atoms with Crippen molar-refractivity contribution in [1.82, 2.24) is 26.6 Å². The zero-order valence-corrected chi connectivity index (χ0v) is 33.8. The van der Waals surface area contributed by atoms with Crippen LogP contribution in [-0.4, -0.2) is 94.7 Å². The summed E-state index contributed by atoms with van der Waals surface area (Å²) in [5, 5.41) is 33.5. The molecule has 0 aliphatic carbocycles. The minimum atomic E-state index is -1.56. The first-order chi connectivity index (χ1) is 24.9. The lowest BCUT2D eigenvalue weighted by molar-refractivity contribution is -0.156. The quantitative estimate of drug-likeness (QED) is 0.0859. The Morgan fingerprint density at radius 2 is 1.11 bits per heavy atom. The van der Waals surface area contributed by atoms with Crippen LogP contribution < -0.4 is 26.6 Å². The molecule has 0 radical (unpaired) electrons. The molecular weight excluding hydrogens is 682 g/mol. The summed E-state index contributed by atoms with van der Waals surface area (Å²) in [5.41, 5.74) is 0. The highest BCUT2D eigenvalue weighted by atomic mass is 16.5. The number of hydrogen-bond acceptors (Lipinski definition) is 9. The molecule has 0 aromatic rings. The van der Waals surface area contributed by atoms with E-state index < -0.39 is 84.5 Å². The van der Waals surface area contributed by atoms with E-state index in [9.17, 15) is 39.0 Å². The predicted molar refractivity (Wildman–Crippen MR) is 203 cm³/mol. The fourth-order valence-electron chi connectivity index (χ4n) is 6.25. The van der Waals surface area contributed by atoms with Crippen LogP contribution >= 0.6 is 0 Å². The lowest BCUT2D eigenvalue weighted by Crippen LogP contribution is -2.62. The van der Waals surface area contributed by atoms with Crippen LogP contribution in [0.15, 0.2) is 0 Å². The number of unbranched alkanes of at least 4 members (excludes halogenated alkanes) is 5. The SMILES string of the molecule is CC[C@H](C)[C@@H]1NC(=O)C(CC(C)C)NC(=O)[C@H]([C@@H](C)O)NC(=O)[C@H](CO)NC(=O)[C@@H](CC(C)C)NC(=O)CC(CCCCCCCCC(C)C)OC1=O. The average Bonchev–Trinajstić information content (AvgIpc) is 3.06. The van der Waals surface area contributed by atoms with Gasteiger partial charge in [-0.2, -0.15) is 0 Å². The molecule has 1 fully saturated rings. The molecule has 2 unspecified atom stereocenters. The van der Waals surface area contributed by atoms with Crippen LogP contribution in [0.4, 0.5) is 0 Å². The molecule has 1 saturated heterocycles. The van der Waals surface area contributed by atoms with Gasteiger partial charge in [0, 0.05) is 0 Å². The third-order valence-electron chi connectivity index (χ3n) is 9.60. The minimum Gasteiger partial charge on any atom is -0.460 e. The fraction of sp³-hybridized carbons (Fsp3) is 0.846. The number of aliphatic hydroxyl groups excluding tert-OH is 2. The number of nitrogens with one attached hydrogen (secondary N) is 5. The van der Waals surface area contributed by atoms with Gasteiger partial charge in [0.05, 0.1) is 19.1 Å². The molecule has 306 valence electrons. The number of ether oxygens (including phenoxy) is 1. The monoisotopic (exact) mass is 754 g/mol. The number of aliphatic hydroxyl groups is 2. The molecule has 7 N–H and O–H groups in total. The number of hydrogen-bond donors (Lipinski definition) is 7. The summed E-state index contributed by atoms with van der Waals surface area (Å²) in [5.74, 6) is -4.26. The lowest BCUT2D eigenvalue weighted by Gasteiger charge is -2.29. The van der Waals surface area contributed by atoms with E-state index in [-0.39, 0.29) is 37.0 Å². The van der Waals surface area contributed by atoms with Crippen LogP contribution in [0, 0.1) is 23.7 Å². The van der Waals surface area contributed by atoms with Crippen molar-refractivity contribution in [3.63, 3.8) is 0 Å². The largest absolute Gasteiger partial charge is 0.460 e. The van der Waals surface area contributed by atoms with Crippen LogP contribution in [0.1, 0.15) is 139 Å². The molecule has 0 aromatic carbocycles. The summed E-state index contributed by atoms with van der Waals surface area (Å²) in [6, 6.07) is -6.40. The van der Waals surface area contributed by atoms with Crippen LogP contribution in [0.25, 0.3) is 0 Å². The molecule has 0 spiro atoms. The van der Waals surface area contributed by atoms with Crippen molar-refractivity contribution in [2.45, 2.75) is 182 Å². The molecule has 8 atom stereocenters. The van der Waals surface area contributed by atoms with Crippen molar-refractivity contribution in [1.29, 1.82) is 0 Å². The van der Waals surface area contributed by atoms with Gasteiger partial charge in [0.25, 0.3) is 0 Å². The Morgan fingerprint density at radius 3 is 1.64 bits per heavy atom. The number of cyclic esters (lactones) is 1. The van der Waals surface area contributed by atoms with E-state index in [1.54, 1.807) is 6.92 Å². The zero-order valence-electron chi connectivity index (χ0n) is 33.8. The van der Waals surface area contributed by atoms with Crippen LogP contribution in [-0.2, 0) is 33.5 Å². The highest BCUT2D eigenvalue weighted by Crippen LogP contribution is 2.19. The maximum Gasteiger partial charge on any atom is 0.329 e. The Morgan fingerprint density at radius 1 is 0.623 bits per heavy atom. The van der Waals surface area contributed by atoms with Gasteiger partial charge < -0.3 is 41.5 Å². The van der Waals surface area contributed by atoms with Gasteiger partial charge in [-0.3, -0.25) is 24.0 Å². The molecule has 14 nitrogen and oxygen atoms in total. The van der Waals surface area contributed by atoms with Crippen LogP contribution in [0.3, 0.4) is 0 Å². The zero-order chi connectivity index (χ0) is 40.2. The first kappa shape index (κ1) is 47.8. The standard InChI is InChI=1S/C39H71N5O9/c1-10-26(8)33-39(52)53-28(18-16-14-12-11-13-15-17-23(2)3)21-32(47)40-29(19-24(4)5)35(48)42-31(22-45)37(50)44-34(27(9)46)38(51)41-30(20-25(6)7)36(49)43-33/h23-31,33-34,45-46H,10-22H2,1-9H3,(H,40,47)(H,41,51)(H,42,48)(H,43,49)(H,44,50)/t26-,27+,28?,29+,30?,31-,33-,34-/m0/s1. The summed E-state index contributed by atoms with van der Waals surface area (Å²) < 4.78 is 6.00. The van der Waals surface area contributed by atoms with Gasteiger partial charge in [-0.15, -0.1) is 0 Å². The molecule has 0 aromatic heterocycles. The van der Waals surface area contributed by atoms with Gasteiger partial charge in [-0.05, 0) is 56.3 Å². The van der Waals surface area contributed by atoms with E-state index in [0.717, 1.165) is 25.7 Å². The normalized spacial score (nSPS) is 25.7. The second-order valence-corrected chi connectivity index (χ2v) is 16.1. The maximum atomic E-state index is 13.9. The van der Waals surface area contributed by atoms with E-state index in [0.29, 0.717) is 25.2 Å². The predicted octanol–water partition coefficient (Wildman–Crippen LogP) is 3.01. The van der Waals surface area contributed by atoms with E-state index in [4.69, 9.17) is 4.74 Å². The summed E-state index contributed by atoms with van der Waals surface area (Å²) in [7, 11) is 0. The Labute approximate surface area is 317 Å². The Kier molecular flexibility index (Phi) is 22.5. The van der Waals surface area contributed by atoms with Crippen molar-refractivity contribution in [3.05, 3.63) is 0 Å². The van der Waals surface area contributed by atoms with E-state index in [1.165, 1.54) is 19.8 Å². The molecule has 5 amide bonds. The maximum absolute atomic E-state index is 13.9. The number of carbonyl (C=O) groups is 6. The molecule has 1 rings (SSSR count). The third-order valence-corrected chi connectivity index (χ3v) is 9.60. The number of rotatable bonds is 17. The molecule has 0 bridgehead atoms. The van der Waals surface area contributed by atoms with Gasteiger partial charge in [0.1, 0.15) is 36.3 Å². The molecule has 14 heteroatoms. The highest BCUT2D eigenvalue weighted by Gasteiger charge is 2.37. The second kappa shape index (κ2) is 24.9. The minimum absolute atomic E-state index is 0.0507. The lowest BCUT2D eigenvalue weighted by atomic mass is 9.97. The number of amides is 5. The van der Waals surface area contributed by atoms with Gasteiger partial charge in [-0.1, -0.05) is 100 Å². The fourth-order valence-corrected chi connectivity index (χ4v) is 6.25. The smallest absolute Gasteiger partial charge is 0.329 e. The highest BCUT2D eigenvalue weighted by molar-refractivity contribution is 5.96. The van der Waals surface area contributed by atoms with Crippen LogP contribution in [0.2, 0.25) is 0 Å². The van der Waals surface area contributed by atoms with Crippen molar-refractivity contribution in [2.24, 2.45) is 23.7 Å². The topological polar surface area (TPSA) is 212 Å². The van der Waals surface area contributed by atoms with E-state index >= 15 is 0 Å². The van der Waals surface area contributed by atoms with Crippen molar-refractivity contribution in [2.75, 3.05) is 6.61 Å². The summed E-state index contributed by atoms with van der Waals surface area (Å²) in [4.78, 5) is 81.4.